The molecular formula is C17H26N2OS. The number of thioether (sulfide) groups is 1. The fraction of sp³-hybridized carbons (Fsp3) is 0.588. The quantitative estimate of drug-likeness (QED) is 0.762. The molecule has 0 bridgehead atoms. The Kier molecular flexibility index (Phi) is 5.71. The van der Waals surface area contributed by atoms with Crippen LogP contribution in [0.2, 0.25) is 0 Å². The Bertz CT molecular complexity index is 491. The van der Waals surface area contributed by atoms with Crippen LogP contribution in [-0.2, 0) is 10.5 Å². The molecule has 0 aromatic heterocycles. The molecule has 1 aromatic carbocycles. The Morgan fingerprint density at radius 1 is 1.52 bits per heavy atom. The topological polar surface area (TPSA) is 55.1 Å². The van der Waals surface area contributed by atoms with Crippen molar-refractivity contribution in [3.05, 3.63) is 35.4 Å². The molecule has 1 saturated carbocycles. The van der Waals surface area contributed by atoms with Gasteiger partial charge in [0, 0.05) is 5.75 Å². The summed E-state index contributed by atoms with van der Waals surface area (Å²) in [5, 5.41) is 3.21. The molecule has 1 amide bonds. The van der Waals surface area contributed by atoms with E-state index in [1.165, 1.54) is 11.1 Å². The second-order valence-electron chi connectivity index (χ2n) is 6.01. The van der Waals surface area contributed by atoms with Gasteiger partial charge in [0.2, 0.25) is 5.91 Å². The van der Waals surface area contributed by atoms with E-state index in [-0.39, 0.29) is 5.91 Å². The van der Waals surface area contributed by atoms with E-state index in [0.29, 0.717) is 5.92 Å². The molecule has 0 heterocycles. The highest BCUT2D eigenvalue weighted by molar-refractivity contribution is 7.98. The molecule has 1 aliphatic carbocycles. The van der Waals surface area contributed by atoms with E-state index in [9.17, 15) is 4.79 Å². The molecule has 0 spiro atoms. The van der Waals surface area contributed by atoms with Crippen molar-refractivity contribution in [3.8, 4) is 0 Å². The second-order valence-corrected chi connectivity index (χ2v) is 7.11. The molecule has 2 unspecified atom stereocenters. The summed E-state index contributed by atoms with van der Waals surface area (Å²) in [5.74, 6) is 2.31. The van der Waals surface area contributed by atoms with E-state index in [4.69, 9.17) is 5.73 Å². The van der Waals surface area contributed by atoms with Gasteiger partial charge >= 0.3 is 0 Å². The van der Waals surface area contributed by atoms with Crippen molar-refractivity contribution in [2.75, 3.05) is 12.8 Å². The predicted molar refractivity (Wildman–Crippen MR) is 90.3 cm³/mol. The monoisotopic (exact) mass is 306 g/mol. The smallest absolute Gasteiger partial charge is 0.238 e. The van der Waals surface area contributed by atoms with Crippen molar-refractivity contribution in [2.45, 2.75) is 43.9 Å². The third kappa shape index (κ3) is 3.80. The summed E-state index contributed by atoms with van der Waals surface area (Å²) >= 11 is 1.94. The van der Waals surface area contributed by atoms with Crippen LogP contribution in [0.4, 0.5) is 0 Å². The van der Waals surface area contributed by atoms with E-state index in [0.717, 1.165) is 37.2 Å². The maximum Gasteiger partial charge on any atom is 0.238 e. The number of primary amides is 1. The van der Waals surface area contributed by atoms with Gasteiger partial charge in [-0.05, 0) is 50.5 Å². The minimum absolute atomic E-state index is 0.184. The van der Waals surface area contributed by atoms with Gasteiger partial charge in [0.05, 0.1) is 0 Å². The number of benzene rings is 1. The molecule has 3 nitrogen and oxygen atoms in total. The lowest BCUT2D eigenvalue weighted by Gasteiger charge is -2.32. The Balaban J connectivity index is 1.81. The van der Waals surface area contributed by atoms with Crippen LogP contribution in [0.3, 0.4) is 0 Å². The van der Waals surface area contributed by atoms with Crippen molar-refractivity contribution >= 4 is 17.7 Å². The molecule has 1 aliphatic rings. The summed E-state index contributed by atoms with van der Waals surface area (Å²) in [7, 11) is 1.86. The Hall–Kier alpha value is -1.00. The minimum atomic E-state index is -0.468. The zero-order valence-corrected chi connectivity index (χ0v) is 13.8. The molecule has 21 heavy (non-hydrogen) atoms. The number of amides is 1. The van der Waals surface area contributed by atoms with E-state index in [1.54, 1.807) is 0 Å². The first-order valence-electron chi connectivity index (χ1n) is 7.70. The number of nitrogens with one attached hydrogen (secondary N) is 1. The third-order valence-corrected chi connectivity index (χ3v) is 5.73. The van der Waals surface area contributed by atoms with Crippen LogP contribution in [0.5, 0.6) is 0 Å². The summed E-state index contributed by atoms with van der Waals surface area (Å²) in [6, 6.07) is 8.66. The summed E-state index contributed by atoms with van der Waals surface area (Å²) in [5.41, 5.74) is 7.86. The third-order valence-electron chi connectivity index (χ3n) is 4.67. The van der Waals surface area contributed by atoms with Gasteiger partial charge in [-0.25, -0.2) is 0 Å². The van der Waals surface area contributed by atoms with Gasteiger partial charge in [0.15, 0.2) is 0 Å². The summed E-state index contributed by atoms with van der Waals surface area (Å²) < 4.78 is 0. The lowest BCUT2D eigenvalue weighted by atomic mass is 9.84. The lowest BCUT2D eigenvalue weighted by Crippen LogP contribution is -2.56. The van der Waals surface area contributed by atoms with Crippen LogP contribution < -0.4 is 11.1 Å². The number of hydrogen-bond donors (Lipinski definition) is 2. The number of carbonyl (C=O) groups excluding carboxylic acids is 1. The Morgan fingerprint density at radius 2 is 2.33 bits per heavy atom. The molecule has 116 valence electrons. The first-order valence-corrected chi connectivity index (χ1v) is 8.86. The van der Waals surface area contributed by atoms with Gasteiger partial charge in [-0.1, -0.05) is 36.2 Å². The number of aryl methyl sites for hydroxylation is 1. The van der Waals surface area contributed by atoms with E-state index in [2.05, 4.69) is 36.5 Å². The zero-order chi connectivity index (χ0) is 15.3. The Morgan fingerprint density at radius 3 is 3.00 bits per heavy atom. The van der Waals surface area contributed by atoms with Crippen molar-refractivity contribution in [1.82, 2.24) is 5.32 Å². The molecular weight excluding hydrogens is 280 g/mol. The summed E-state index contributed by atoms with van der Waals surface area (Å²) in [4.78, 5) is 11.8. The van der Waals surface area contributed by atoms with Crippen LogP contribution in [0.1, 0.15) is 36.8 Å². The van der Waals surface area contributed by atoms with Gasteiger partial charge in [-0.2, -0.15) is 11.8 Å². The van der Waals surface area contributed by atoms with E-state index in [1.807, 2.05) is 18.8 Å². The maximum atomic E-state index is 11.8. The molecule has 2 rings (SSSR count). The number of nitrogens with two attached hydrogens (primary N) is 1. The van der Waals surface area contributed by atoms with Crippen LogP contribution in [0.15, 0.2) is 24.3 Å². The second kappa shape index (κ2) is 7.32. The van der Waals surface area contributed by atoms with Crippen molar-refractivity contribution in [2.24, 2.45) is 11.7 Å². The largest absolute Gasteiger partial charge is 0.368 e. The molecule has 1 fully saturated rings. The van der Waals surface area contributed by atoms with E-state index >= 15 is 0 Å². The molecule has 4 heteroatoms. The normalized spacial score (nSPS) is 25.1. The highest BCUT2D eigenvalue weighted by Crippen LogP contribution is 2.38. The maximum absolute atomic E-state index is 11.8. The van der Waals surface area contributed by atoms with Crippen molar-refractivity contribution in [3.63, 3.8) is 0 Å². The fourth-order valence-corrected chi connectivity index (χ4v) is 4.47. The number of hydrogen-bond acceptors (Lipinski definition) is 3. The molecule has 1 aromatic rings. The molecule has 0 radical (unpaired) electrons. The zero-order valence-electron chi connectivity index (χ0n) is 13.0. The number of rotatable bonds is 7. The average molecular weight is 306 g/mol. The van der Waals surface area contributed by atoms with Gasteiger partial charge in [0.1, 0.15) is 5.54 Å². The first kappa shape index (κ1) is 16.4. The van der Waals surface area contributed by atoms with Crippen LogP contribution in [-0.4, -0.2) is 24.2 Å². The standard InChI is InChI=1S/C17H26N2OS/c1-13-5-3-6-14(11-13)12-21-10-8-15-7-4-9-17(15,19-2)16(18)20/h3,5-6,11,15,19H,4,7-10,12H2,1-2H3,(H2,18,20). The molecule has 0 aliphatic heterocycles. The molecule has 2 atom stereocenters. The SMILES string of the molecule is CNC1(C(N)=O)CCCC1CCSCc1cccc(C)c1. The minimum Gasteiger partial charge on any atom is -0.368 e. The average Bonchev–Trinajstić information content (AvgIpc) is 2.88. The summed E-state index contributed by atoms with van der Waals surface area (Å²) in [6.07, 6.45) is 4.14. The highest BCUT2D eigenvalue weighted by atomic mass is 32.2. The van der Waals surface area contributed by atoms with Crippen LogP contribution >= 0.6 is 11.8 Å². The number of likely N-dealkylation sites (N-methyl/N-ethyl adjacent to an activating group) is 1. The van der Waals surface area contributed by atoms with Crippen molar-refractivity contribution < 1.29 is 4.79 Å². The first-order chi connectivity index (χ1) is 10.1. The van der Waals surface area contributed by atoms with E-state index < -0.39 is 5.54 Å². The van der Waals surface area contributed by atoms with Gasteiger partial charge in [-0.15, -0.1) is 0 Å². The van der Waals surface area contributed by atoms with Crippen LogP contribution in [0.25, 0.3) is 0 Å². The van der Waals surface area contributed by atoms with Crippen molar-refractivity contribution in [1.29, 1.82) is 0 Å². The fourth-order valence-electron chi connectivity index (χ4n) is 3.46. The highest BCUT2D eigenvalue weighted by Gasteiger charge is 2.45. The van der Waals surface area contributed by atoms with Gasteiger partial charge in [0.25, 0.3) is 0 Å². The molecule has 3 N–H and O–H groups in total. The summed E-state index contributed by atoms with van der Waals surface area (Å²) in [6.45, 7) is 2.13. The number of carbonyl (C=O) groups is 1. The predicted octanol–water partition coefficient (Wildman–Crippen LogP) is 2.86. The van der Waals surface area contributed by atoms with Crippen LogP contribution in [0, 0.1) is 12.8 Å². The lowest BCUT2D eigenvalue weighted by molar-refractivity contribution is -0.125. The van der Waals surface area contributed by atoms with Gasteiger partial charge in [-0.3, -0.25) is 4.79 Å². The van der Waals surface area contributed by atoms with Gasteiger partial charge < -0.3 is 11.1 Å². The molecule has 0 saturated heterocycles. The Labute approximate surface area is 132 Å².